The lowest BCUT2D eigenvalue weighted by atomic mass is 10.2. The van der Waals surface area contributed by atoms with Gasteiger partial charge in [0.15, 0.2) is 0 Å². The maximum atomic E-state index is 12.2. The van der Waals surface area contributed by atoms with Gasteiger partial charge in [0.05, 0.1) is 18.8 Å². The fraction of sp³-hybridized carbons (Fsp3) is 0.211. The minimum atomic E-state index is -0.376. The largest absolute Gasteiger partial charge is 0.447 e. The SMILES string of the molecule is Cc1ccn2cc(CNC(=O)Nc3cccc(N4CCOC4=O)c3)nc2c1. The minimum Gasteiger partial charge on any atom is -0.447 e. The Balaban J connectivity index is 1.38. The first-order valence-electron chi connectivity index (χ1n) is 8.62. The number of nitrogens with zero attached hydrogens (tertiary/aromatic N) is 3. The molecule has 1 aromatic carbocycles. The number of ether oxygens (including phenoxy) is 1. The number of carbonyl (C=O) groups excluding carboxylic acids is 2. The number of urea groups is 1. The molecule has 138 valence electrons. The molecule has 0 spiro atoms. The summed E-state index contributed by atoms with van der Waals surface area (Å²) < 4.78 is 6.86. The van der Waals surface area contributed by atoms with Crippen LogP contribution in [0.3, 0.4) is 0 Å². The van der Waals surface area contributed by atoms with Gasteiger partial charge in [0.1, 0.15) is 12.3 Å². The molecule has 2 N–H and O–H groups in total. The molecule has 3 heterocycles. The summed E-state index contributed by atoms with van der Waals surface area (Å²) in [6.45, 7) is 3.19. The van der Waals surface area contributed by atoms with Gasteiger partial charge in [-0.3, -0.25) is 4.90 Å². The topological polar surface area (TPSA) is 88.0 Å². The number of benzene rings is 1. The molecule has 1 aliphatic rings. The normalized spacial score (nSPS) is 13.7. The molecule has 0 atom stereocenters. The molecule has 1 aliphatic heterocycles. The molecule has 27 heavy (non-hydrogen) atoms. The third kappa shape index (κ3) is 3.69. The molecule has 1 saturated heterocycles. The van der Waals surface area contributed by atoms with Crippen LogP contribution in [0, 0.1) is 6.92 Å². The molecule has 2 aromatic heterocycles. The molecule has 0 radical (unpaired) electrons. The average molecular weight is 365 g/mol. The number of rotatable bonds is 4. The summed E-state index contributed by atoms with van der Waals surface area (Å²) in [6, 6.07) is 10.7. The number of amides is 3. The number of carbonyl (C=O) groups is 2. The molecule has 0 unspecified atom stereocenters. The zero-order valence-electron chi connectivity index (χ0n) is 14.8. The predicted octanol–water partition coefficient (Wildman–Crippen LogP) is 2.92. The van der Waals surface area contributed by atoms with Crippen molar-refractivity contribution in [3.63, 3.8) is 0 Å². The van der Waals surface area contributed by atoms with Gasteiger partial charge >= 0.3 is 12.1 Å². The highest BCUT2D eigenvalue weighted by Crippen LogP contribution is 2.22. The fourth-order valence-electron chi connectivity index (χ4n) is 2.95. The monoisotopic (exact) mass is 365 g/mol. The minimum absolute atomic E-state index is 0.310. The number of imidazole rings is 1. The first kappa shape index (κ1) is 16.9. The Labute approximate surface area is 155 Å². The van der Waals surface area contributed by atoms with Crippen molar-refractivity contribution in [2.45, 2.75) is 13.5 Å². The molecule has 0 bridgehead atoms. The van der Waals surface area contributed by atoms with Crippen LogP contribution in [0.5, 0.6) is 0 Å². The van der Waals surface area contributed by atoms with Gasteiger partial charge in [-0.1, -0.05) is 6.07 Å². The van der Waals surface area contributed by atoms with Gasteiger partial charge in [-0.05, 0) is 42.8 Å². The summed E-state index contributed by atoms with van der Waals surface area (Å²) in [5.41, 5.74) is 4.02. The second-order valence-corrected chi connectivity index (χ2v) is 6.33. The zero-order valence-corrected chi connectivity index (χ0v) is 14.8. The Kier molecular flexibility index (Phi) is 4.37. The van der Waals surface area contributed by atoms with Crippen molar-refractivity contribution >= 4 is 29.1 Å². The molecule has 4 rings (SSSR count). The van der Waals surface area contributed by atoms with Gasteiger partial charge < -0.3 is 19.8 Å². The van der Waals surface area contributed by atoms with E-state index in [0.717, 1.165) is 16.9 Å². The quantitative estimate of drug-likeness (QED) is 0.744. The molecule has 0 aliphatic carbocycles. The van der Waals surface area contributed by atoms with E-state index in [4.69, 9.17) is 4.74 Å². The predicted molar refractivity (Wildman–Crippen MR) is 101 cm³/mol. The van der Waals surface area contributed by atoms with E-state index in [1.807, 2.05) is 35.9 Å². The van der Waals surface area contributed by atoms with Gasteiger partial charge in [0.2, 0.25) is 0 Å². The first-order valence-corrected chi connectivity index (χ1v) is 8.62. The van der Waals surface area contributed by atoms with Crippen molar-refractivity contribution in [3.05, 3.63) is 60.0 Å². The first-order chi connectivity index (χ1) is 13.1. The van der Waals surface area contributed by atoms with E-state index in [0.29, 0.717) is 31.1 Å². The number of nitrogens with one attached hydrogen (secondary N) is 2. The number of aryl methyl sites for hydroxylation is 1. The Morgan fingerprint density at radius 3 is 3.00 bits per heavy atom. The molecule has 1 fully saturated rings. The Morgan fingerprint density at radius 1 is 1.30 bits per heavy atom. The van der Waals surface area contributed by atoms with E-state index in [9.17, 15) is 9.59 Å². The van der Waals surface area contributed by atoms with Crippen LogP contribution in [0.25, 0.3) is 5.65 Å². The number of fused-ring (bicyclic) bond motifs is 1. The van der Waals surface area contributed by atoms with Crippen molar-refractivity contribution in [1.82, 2.24) is 14.7 Å². The van der Waals surface area contributed by atoms with Gasteiger partial charge in [-0.15, -0.1) is 0 Å². The van der Waals surface area contributed by atoms with Crippen LogP contribution in [-0.4, -0.2) is 34.7 Å². The van der Waals surface area contributed by atoms with Crippen LogP contribution in [0.15, 0.2) is 48.8 Å². The van der Waals surface area contributed by atoms with Crippen LogP contribution in [-0.2, 0) is 11.3 Å². The fourth-order valence-corrected chi connectivity index (χ4v) is 2.95. The van der Waals surface area contributed by atoms with E-state index >= 15 is 0 Å². The molecule has 8 nitrogen and oxygen atoms in total. The molecular formula is C19H19N5O3. The van der Waals surface area contributed by atoms with Crippen LogP contribution in [0.2, 0.25) is 0 Å². The van der Waals surface area contributed by atoms with Crippen LogP contribution >= 0.6 is 0 Å². The highest BCUT2D eigenvalue weighted by Gasteiger charge is 2.23. The number of aromatic nitrogens is 2. The molecule has 3 aromatic rings. The summed E-state index contributed by atoms with van der Waals surface area (Å²) in [6.07, 6.45) is 3.45. The second kappa shape index (κ2) is 6.99. The maximum absolute atomic E-state index is 12.2. The molecule has 3 amide bonds. The molecule has 8 heteroatoms. The smallest absolute Gasteiger partial charge is 0.414 e. The lowest BCUT2D eigenvalue weighted by Gasteiger charge is -2.14. The lowest BCUT2D eigenvalue weighted by molar-refractivity contribution is 0.181. The van der Waals surface area contributed by atoms with E-state index in [1.165, 1.54) is 4.90 Å². The van der Waals surface area contributed by atoms with Gasteiger partial charge in [-0.2, -0.15) is 0 Å². The number of anilines is 2. The highest BCUT2D eigenvalue weighted by atomic mass is 16.6. The van der Waals surface area contributed by atoms with Crippen molar-refractivity contribution in [3.8, 4) is 0 Å². The Hall–Kier alpha value is -3.55. The maximum Gasteiger partial charge on any atom is 0.414 e. The van der Waals surface area contributed by atoms with Gasteiger partial charge in [-0.25, -0.2) is 14.6 Å². The van der Waals surface area contributed by atoms with Crippen molar-refractivity contribution in [1.29, 1.82) is 0 Å². The summed E-state index contributed by atoms with van der Waals surface area (Å²) in [7, 11) is 0. The molecule has 0 saturated carbocycles. The van der Waals surface area contributed by atoms with Crippen LogP contribution < -0.4 is 15.5 Å². The van der Waals surface area contributed by atoms with E-state index < -0.39 is 0 Å². The van der Waals surface area contributed by atoms with Crippen LogP contribution in [0.1, 0.15) is 11.3 Å². The number of hydrogen-bond acceptors (Lipinski definition) is 4. The third-order valence-corrected chi connectivity index (χ3v) is 4.27. The summed E-state index contributed by atoms with van der Waals surface area (Å²) in [5.74, 6) is 0. The second-order valence-electron chi connectivity index (χ2n) is 6.33. The van der Waals surface area contributed by atoms with Gasteiger partial charge in [0.25, 0.3) is 0 Å². The number of cyclic esters (lactones) is 1. The van der Waals surface area contributed by atoms with Crippen molar-refractivity contribution in [2.24, 2.45) is 0 Å². The summed E-state index contributed by atoms with van der Waals surface area (Å²) >= 11 is 0. The Bertz CT molecular complexity index is 1010. The Morgan fingerprint density at radius 2 is 2.19 bits per heavy atom. The number of hydrogen-bond donors (Lipinski definition) is 2. The third-order valence-electron chi connectivity index (χ3n) is 4.27. The highest BCUT2D eigenvalue weighted by molar-refractivity contribution is 5.93. The van der Waals surface area contributed by atoms with E-state index in [-0.39, 0.29) is 12.1 Å². The van der Waals surface area contributed by atoms with E-state index in [2.05, 4.69) is 15.6 Å². The zero-order chi connectivity index (χ0) is 18.8. The van der Waals surface area contributed by atoms with Crippen molar-refractivity contribution in [2.75, 3.05) is 23.4 Å². The number of pyridine rings is 1. The van der Waals surface area contributed by atoms with Crippen molar-refractivity contribution < 1.29 is 14.3 Å². The summed E-state index contributed by atoms with van der Waals surface area (Å²) in [4.78, 5) is 29.9. The van der Waals surface area contributed by atoms with Gasteiger partial charge in [0, 0.05) is 23.8 Å². The standard InChI is InChI=1S/C19H19N5O3/c1-13-5-6-23-12-15(21-17(23)9-13)11-20-18(25)22-14-3-2-4-16(10-14)24-7-8-27-19(24)26/h2-6,9-10,12H,7-8,11H2,1H3,(H2,20,22,25). The van der Waals surface area contributed by atoms with Crippen LogP contribution in [0.4, 0.5) is 21.0 Å². The molecular weight excluding hydrogens is 346 g/mol. The summed E-state index contributed by atoms with van der Waals surface area (Å²) in [5, 5.41) is 5.56. The lowest BCUT2D eigenvalue weighted by Crippen LogP contribution is -2.28. The van der Waals surface area contributed by atoms with E-state index in [1.54, 1.807) is 24.3 Å². The average Bonchev–Trinajstić information content (AvgIpc) is 3.25.